The van der Waals surface area contributed by atoms with Gasteiger partial charge in [-0.25, -0.2) is 4.79 Å². The third-order valence-electron chi connectivity index (χ3n) is 5.14. The number of methoxy groups -OCH3 is 1. The van der Waals surface area contributed by atoms with Gasteiger partial charge in [-0.3, -0.25) is 4.98 Å². The summed E-state index contributed by atoms with van der Waals surface area (Å²) < 4.78 is 4.89. The number of fused-ring (bicyclic) bond motifs is 3. The van der Waals surface area contributed by atoms with Crippen molar-refractivity contribution in [1.29, 1.82) is 0 Å². The molecule has 3 aromatic rings. The van der Waals surface area contributed by atoms with Crippen molar-refractivity contribution in [2.24, 2.45) is 0 Å². The Morgan fingerprint density at radius 2 is 2.00 bits per heavy atom. The van der Waals surface area contributed by atoms with Crippen LogP contribution in [0, 0.1) is 6.92 Å². The number of pyridine rings is 1. The second kappa shape index (κ2) is 6.79. The van der Waals surface area contributed by atoms with Gasteiger partial charge in [0, 0.05) is 24.2 Å². The largest absolute Gasteiger partial charge is 0.465 e. The summed E-state index contributed by atoms with van der Waals surface area (Å²) in [5, 5.41) is 1.04. The van der Waals surface area contributed by atoms with E-state index in [9.17, 15) is 4.79 Å². The molecule has 132 valence electrons. The molecule has 0 atom stereocenters. The minimum absolute atomic E-state index is 0.310. The number of carbonyl (C=O) groups excluding carboxylic acids is 1. The molecule has 1 aliphatic rings. The molecule has 0 unspecified atom stereocenters. The number of hydrogen-bond donors (Lipinski definition) is 0. The lowest BCUT2D eigenvalue weighted by molar-refractivity contribution is 0.0601. The number of aromatic nitrogens is 1. The van der Waals surface area contributed by atoms with Crippen LogP contribution in [-0.2, 0) is 17.6 Å². The fraction of sp³-hybridized carbons (Fsp3) is 0.273. The fourth-order valence-corrected chi connectivity index (χ4v) is 3.80. The molecular formula is C22H22N2O2. The summed E-state index contributed by atoms with van der Waals surface area (Å²) in [7, 11) is 1.41. The lowest BCUT2D eigenvalue weighted by Crippen LogP contribution is -2.23. The lowest BCUT2D eigenvalue weighted by atomic mass is 10.0. The molecule has 2 heterocycles. The van der Waals surface area contributed by atoms with E-state index in [1.54, 1.807) is 6.07 Å². The Kier molecular flexibility index (Phi) is 4.33. The van der Waals surface area contributed by atoms with Crippen LogP contribution in [-0.4, -0.2) is 31.2 Å². The first-order valence-electron chi connectivity index (χ1n) is 8.98. The highest BCUT2D eigenvalue weighted by Crippen LogP contribution is 2.37. The number of ether oxygens (including phenoxy) is 1. The van der Waals surface area contributed by atoms with Gasteiger partial charge in [0.25, 0.3) is 0 Å². The number of rotatable bonds is 4. The van der Waals surface area contributed by atoms with E-state index in [1.165, 1.54) is 23.9 Å². The van der Waals surface area contributed by atoms with Crippen LogP contribution in [0.2, 0.25) is 0 Å². The second-order valence-electron chi connectivity index (χ2n) is 6.72. The van der Waals surface area contributed by atoms with Crippen LogP contribution < -0.4 is 4.90 Å². The van der Waals surface area contributed by atoms with Crippen molar-refractivity contribution in [2.45, 2.75) is 19.8 Å². The lowest BCUT2D eigenvalue weighted by Gasteiger charge is -2.21. The zero-order valence-corrected chi connectivity index (χ0v) is 15.2. The van der Waals surface area contributed by atoms with E-state index in [1.807, 2.05) is 18.2 Å². The molecule has 0 spiro atoms. The van der Waals surface area contributed by atoms with E-state index in [4.69, 9.17) is 9.72 Å². The highest BCUT2D eigenvalue weighted by atomic mass is 16.5. The highest BCUT2D eigenvalue weighted by molar-refractivity contribution is 6.00. The van der Waals surface area contributed by atoms with E-state index in [0.717, 1.165) is 42.5 Å². The molecule has 0 amide bonds. The van der Waals surface area contributed by atoms with Crippen molar-refractivity contribution in [2.75, 3.05) is 25.1 Å². The van der Waals surface area contributed by atoms with E-state index < -0.39 is 0 Å². The summed E-state index contributed by atoms with van der Waals surface area (Å²) in [6, 6.07) is 16.2. The summed E-state index contributed by atoms with van der Waals surface area (Å²) in [6.45, 7) is 4.03. The molecular weight excluding hydrogens is 324 g/mol. The van der Waals surface area contributed by atoms with Crippen LogP contribution >= 0.6 is 0 Å². The maximum atomic E-state index is 12.0. The topological polar surface area (TPSA) is 42.4 Å². The van der Waals surface area contributed by atoms with E-state index in [0.29, 0.717) is 5.56 Å². The van der Waals surface area contributed by atoms with Crippen LogP contribution in [0.5, 0.6) is 0 Å². The van der Waals surface area contributed by atoms with Gasteiger partial charge in [-0.1, -0.05) is 30.3 Å². The first kappa shape index (κ1) is 16.6. The van der Waals surface area contributed by atoms with Gasteiger partial charge in [0.15, 0.2) is 0 Å². The van der Waals surface area contributed by atoms with Gasteiger partial charge in [0.1, 0.15) is 0 Å². The normalized spacial score (nSPS) is 13.1. The second-order valence-corrected chi connectivity index (χ2v) is 6.72. The molecule has 0 fully saturated rings. The summed E-state index contributed by atoms with van der Waals surface area (Å²) >= 11 is 0. The van der Waals surface area contributed by atoms with Crippen molar-refractivity contribution in [3.05, 3.63) is 70.9 Å². The third kappa shape index (κ3) is 2.92. The highest BCUT2D eigenvalue weighted by Gasteiger charge is 2.25. The maximum absolute atomic E-state index is 12.0. The van der Waals surface area contributed by atoms with Crippen LogP contribution in [0.1, 0.15) is 27.2 Å². The summed E-state index contributed by atoms with van der Waals surface area (Å²) in [6.07, 6.45) is 2.00. The predicted molar refractivity (Wildman–Crippen MR) is 104 cm³/mol. The summed E-state index contributed by atoms with van der Waals surface area (Å²) in [4.78, 5) is 19.1. The molecule has 0 saturated carbocycles. The zero-order chi connectivity index (χ0) is 18.1. The quantitative estimate of drug-likeness (QED) is 0.671. The van der Waals surface area contributed by atoms with E-state index in [-0.39, 0.29) is 5.97 Å². The van der Waals surface area contributed by atoms with E-state index >= 15 is 0 Å². The first-order valence-corrected chi connectivity index (χ1v) is 8.98. The molecule has 4 heteroatoms. The molecule has 1 aromatic heterocycles. The van der Waals surface area contributed by atoms with Gasteiger partial charge in [-0.15, -0.1) is 0 Å². The minimum Gasteiger partial charge on any atom is -0.465 e. The predicted octanol–water partition coefficient (Wildman–Crippen LogP) is 3.94. The van der Waals surface area contributed by atoms with Gasteiger partial charge in [-0.2, -0.15) is 0 Å². The maximum Gasteiger partial charge on any atom is 0.337 e. The Labute approximate surface area is 153 Å². The van der Waals surface area contributed by atoms with Crippen LogP contribution in [0.3, 0.4) is 0 Å². The average molecular weight is 346 g/mol. The molecule has 2 aromatic carbocycles. The van der Waals surface area contributed by atoms with Gasteiger partial charge in [-0.05, 0) is 49.1 Å². The average Bonchev–Trinajstić information content (AvgIpc) is 3.11. The molecule has 1 aliphatic heterocycles. The standard InChI is InChI=1S/C22H22N2O2/c1-15-18-11-13-24(12-10-16-6-4-3-5-7-16)21(18)19-14-17(22(25)26-2)8-9-20(19)23-15/h3-9,14H,10-13H2,1-2H3. The van der Waals surface area contributed by atoms with Crippen molar-refractivity contribution in [3.63, 3.8) is 0 Å². The van der Waals surface area contributed by atoms with Gasteiger partial charge < -0.3 is 9.64 Å². The molecule has 4 rings (SSSR count). The molecule has 0 saturated heterocycles. The summed E-state index contributed by atoms with van der Waals surface area (Å²) in [5.74, 6) is -0.310. The number of anilines is 1. The number of hydrogen-bond acceptors (Lipinski definition) is 4. The first-order chi connectivity index (χ1) is 12.7. The van der Waals surface area contributed by atoms with E-state index in [2.05, 4.69) is 36.1 Å². The number of esters is 1. The molecule has 0 aliphatic carbocycles. The minimum atomic E-state index is -0.310. The van der Waals surface area contributed by atoms with Crippen molar-refractivity contribution in [1.82, 2.24) is 4.98 Å². The number of nitrogens with zero attached hydrogens (tertiary/aromatic N) is 2. The molecule has 4 nitrogen and oxygen atoms in total. The molecule has 0 N–H and O–H groups in total. The van der Waals surface area contributed by atoms with Gasteiger partial charge in [0.05, 0.1) is 23.9 Å². The van der Waals surface area contributed by atoms with Gasteiger partial charge in [0.2, 0.25) is 0 Å². The Hall–Kier alpha value is -2.88. The van der Waals surface area contributed by atoms with Crippen LogP contribution in [0.15, 0.2) is 48.5 Å². The van der Waals surface area contributed by atoms with Gasteiger partial charge >= 0.3 is 5.97 Å². The molecule has 0 bridgehead atoms. The Balaban J connectivity index is 1.73. The van der Waals surface area contributed by atoms with Crippen LogP contribution in [0.4, 0.5) is 5.69 Å². The number of benzene rings is 2. The molecule has 26 heavy (non-hydrogen) atoms. The number of carbonyl (C=O) groups is 1. The Morgan fingerprint density at radius 1 is 1.19 bits per heavy atom. The Morgan fingerprint density at radius 3 is 2.77 bits per heavy atom. The third-order valence-corrected chi connectivity index (χ3v) is 5.14. The monoisotopic (exact) mass is 346 g/mol. The Bertz CT molecular complexity index is 967. The smallest absolute Gasteiger partial charge is 0.337 e. The zero-order valence-electron chi connectivity index (χ0n) is 15.2. The summed E-state index contributed by atoms with van der Waals surface area (Å²) in [5.41, 5.74) is 6.46. The van der Waals surface area contributed by atoms with Crippen molar-refractivity contribution < 1.29 is 9.53 Å². The van der Waals surface area contributed by atoms with Crippen molar-refractivity contribution >= 4 is 22.6 Å². The van der Waals surface area contributed by atoms with Crippen LogP contribution in [0.25, 0.3) is 10.9 Å². The fourth-order valence-electron chi connectivity index (χ4n) is 3.80. The van der Waals surface area contributed by atoms with Crippen molar-refractivity contribution in [3.8, 4) is 0 Å². The molecule has 0 radical (unpaired) electrons. The number of aryl methyl sites for hydroxylation is 1. The SMILES string of the molecule is COC(=O)c1ccc2nc(C)c3c(c2c1)N(CCc1ccccc1)CC3.